The molecule has 0 aliphatic carbocycles. The average molecular weight is 408 g/mol. The number of nitrogens with one attached hydrogen (secondary N) is 1. The van der Waals surface area contributed by atoms with E-state index >= 15 is 0 Å². The van der Waals surface area contributed by atoms with E-state index in [1.165, 1.54) is 18.4 Å². The zero-order valence-corrected chi connectivity index (χ0v) is 15.7. The van der Waals surface area contributed by atoms with Crippen LogP contribution in [-0.2, 0) is 4.79 Å². The first-order chi connectivity index (χ1) is 13.5. The Bertz CT molecular complexity index is 864. The molecule has 3 rings (SSSR count). The molecule has 1 N–H and O–H groups in total. The Kier molecular flexibility index (Phi) is 6.30. The maximum Gasteiger partial charge on any atom is 0.286 e. The molecule has 1 aliphatic rings. The average Bonchev–Trinajstić information content (AvgIpc) is 3.22. The van der Waals surface area contributed by atoms with Crippen LogP contribution >= 0.6 is 11.6 Å². The summed E-state index contributed by atoms with van der Waals surface area (Å²) in [5, 5.41) is 2.69. The van der Waals surface area contributed by atoms with E-state index in [1.807, 2.05) is 0 Å². The molecule has 9 heteroatoms. The minimum Gasteiger partial charge on any atom is -0.459 e. The van der Waals surface area contributed by atoms with E-state index in [0.717, 1.165) is 6.07 Å². The van der Waals surface area contributed by atoms with Crippen LogP contribution in [-0.4, -0.2) is 60.2 Å². The predicted molar refractivity (Wildman–Crippen MR) is 99.6 cm³/mol. The van der Waals surface area contributed by atoms with Crippen LogP contribution in [0.2, 0.25) is 5.02 Å². The Labute approximate surface area is 166 Å². The molecule has 0 atom stereocenters. The second kappa shape index (κ2) is 8.88. The highest BCUT2D eigenvalue weighted by molar-refractivity contribution is 6.33. The Balaban J connectivity index is 1.44. The van der Waals surface area contributed by atoms with Crippen LogP contribution in [0.4, 0.5) is 4.39 Å². The number of furan rings is 1. The molecule has 1 aromatic carbocycles. The Hall–Kier alpha value is -2.87. The second-order valence-electron chi connectivity index (χ2n) is 6.28. The molecule has 28 heavy (non-hydrogen) atoms. The lowest BCUT2D eigenvalue weighted by atomic mass is 10.1. The number of rotatable bonds is 5. The molecule has 3 amide bonds. The molecule has 148 valence electrons. The molecule has 1 aromatic heterocycles. The first-order valence-corrected chi connectivity index (χ1v) is 9.17. The maximum atomic E-state index is 13.1. The van der Waals surface area contributed by atoms with E-state index in [-0.39, 0.29) is 47.0 Å². The zero-order valence-electron chi connectivity index (χ0n) is 15.0. The van der Waals surface area contributed by atoms with Crippen LogP contribution in [0.1, 0.15) is 27.3 Å². The third kappa shape index (κ3) is 4.69. The Morgan fingerprint density at radius 2 is 1.82 bits per heavy atom. The number of piperazine rings is 1. The van der Waals surface area contributed by atoms with Crippen LogP contribution in [0.15, 0.2) is 41.0 Å². The normalized spacial score (nSPS) is 14.1. The van der Waals surface area contributed by atoms with Crippen molar-refractivity contribution in [2.45, 2.75) is 6.42 Å². The number of amides is 3. The summed E-state index contributed by atoms with van der Waals surface area (Å²) in [5.74, 6) is -1.08. The first-order valence-electron chi connectivity index (χ1n) is 8.79. The van der Waals surface area contributed by atoms with Gasteiger partial charge in [0.05, 0.1) is 16.8 Å². The molecule has 2 aromatic rings. The molecule has 0 radical (unpaired) electrons. The van der Waals surface area contributed by atoms with Crippen LogP contribution < -0.4 is 5.32 Å². The summed E-state index contributed by atoms with van der Waals surface area (Å²) in [7, 11) is 0. The highest BCUT2D eigenvalue weighted by Gasteiger charge is 2.26. The van der Waals surface area contributed by atoms with Crippen LogP contribution in [0.25, 0.3) is 0 Å². The number of carbonyl (C=O) groups is 3. The van der Waals surface area contributed by atoms with E-state index in [9.17, 15) is 18.8 Å². The molecule has 1 saturated heterocycles. The van der Waals surface area contributed by atoms with Gasteiger partial charge in [0, 0.05) is 39.1 Å². The van der Waals surface area contributed by atoms with E-state index in [2.05, 4.69) is 5.32 Å². The van der Waals surface area contributed by atoms with Crippen LogP contribution in [0.3, 0.4) is 0 Å². The molecular formula is C19H19ClFN3O4. The van der Waals surface area contributed by atoms with E-state index in [1.54, 1.807) is 21.9 Å². The highest BCUT2D eigenvalue weighted by atomic mass is 35.5. The minimum atomic E-state index is -0.504. The monoisotopic (exact) mass is 407 g/mol. The lowest BCUT2D eigenvalue weighted by molar-refractivity contribution is -0.132. The molecule has 0 spiro atoms. The van der Waals surface area contributed by atoms with Gasteiger partial charge in [0.15, 0.2) is 5.76 Å². The number of benzene rings is 1. The molecule has 1 fully saturated rings. The number of halogens is 2. The van der Waals surface area contributed by atoms with Gasteiger partial charge in [-0.25, -0.2) is 4.39 Å². The van der Waals surface area contributed by atoms with Crippen molar-refractivity contribution in [1.82, 2.24) is 15.1 Å². The summed E-state index contributed by atoms with van der Waals surface area (Å²) in [6.45, 7) is 1.68. The fourth-order valence-corrected chi connectivity index (χ4v) is 3.18. The van der Waals surface area contributed by atoms with E-state index in [0.29, 0.717) is 26.2 Å². The number of hydrogen-bond donors (Lipinski definition) is 1. The number of hydrogen-bond acceptors (Lipinski definition) is 4. The summed E-state index contributed by atoms with van der Waals surface area (Å²) in [6, 6.07) is 6.81. The van der Waals surface area contributed by atoms with Gasteiger partial charge in [-0.2, -0.15) is 0 Å². The summed E-state index contributed by atoms with van der Waals surface area (Å²) < 4.78 is 18.1. The molecule has 2 heterocycles. The van der Waals surface area contributed by atoms with Gasteiger partial charge in [-0.1, -0.05) is 11.6 Å². The predicted octanol–water partition coefficient (Wildman–Crippen LogP) is 2.18. The largest absolute Gasteiger partial charge is 0.459 e. The molecule has 7 nitrogen and oxygen atoms in total. The van der Waals surface area contributed by atoms with Gasteiger partial charge >= 0.3 is 0 Å². The van der Waals surface area contributed by atoms with Crippen molar-refractivity contribution >= 4 is 29.3 Å². The van der Waals surface area contributed by atoms with Crippen molar-refractivity contribution in [2.75, 3.05) is 32.7 Å². The van der Waals surface area contributed by atoms with Gasteiger partial charge in [0.2, 0.25) is 5.91 Å². The van der Waals surface area contributed by atoms with Crippen molar-refractivity contribution in [2.24, 2.45) is 0 Å². The molecular weight excluding hydrogens is 389 g/mol. The second-order valence-corrected chi connectivity index (χ2v) is 6.69. The van der Waals surface area contributed by atoms with E-state index in [4.69, 9.17) is 16.0 Å². The number of carbonyl (C=O) groups excluding carboxylic acids is 3. The quantitative estimate of drug-likeness (QED) is 0.823. The van der Waals surface area contributed by atoms with Crippen LogP contribution in [0, 0.1) is 5.82 Å². The lowest BCUT2D eigenvalue weighted by Crippen LogP contribution is -2.51. The first kappa shape index (κ1) is 19.9. The minimum absolute atomic E-state index is 0.0656. The summed E-state index contributed by atoms with van der Waals surface area (Å²) in [6.07, 6.45) is 1.56. The molecule has 0 bridgehead atoms. The fraction of sp³-hybridized carbons (Fsp3) is 0.316. The van der Waals surface area contributed by atoms with Crippen molar-refractivity contribution < 1.29 is 23.2 Å². The summed E-state index contributed by atoms with van der Waals surface area (Å²) in [4.78, 5) is 39.8. The van der Waals surface area contributed by atoms with Crippen molar-refractivity contribution in [3.05, 3.63) is 58.8 Å². The zero-order chi connectivity index (χ0) is 20.1. The third-order valence-corrected chi connectivity index (χ3v) is 4.76. The maximum absolute atomic E-state index is 13.1. The Morgan fingerprint density at radius 3 is 2.46 bits per heavy atom. The standard InChI is InChI=1S/C19H19ClFN3O4/c20-15-12-13(21)3-4-14(15)19(27)24-9-7-23(8-10-24)17(25)5-6-22-18(26)16-2-1-11-28-16/h1-4,11-12H,5-10H2,(H,22,26). The van der Waals surface area contributed by atoms with Gasteiger partial charge in [0.1, 0.15) is 5.82 Å². The van der Waals surface area contributed by atoms with Crippen LogP contribution in [0.5, 0.6) is 0 Å². The summed E-state index contributed by atoms with van der Waals surface area (Å²) >= 11 is 5.95. The van der Waals surface area contributed by atoms with Crippen molar-refractivity contribution in [3.8, 4) is 0 Å². The summed E-state index contributed by atoms with van der Waals surface area (Å²) in [5.41, 5.74) is 0.239. The highest BCUT2D eigenvalue weighted by Crippen LogP contribution is 2.20. The molecule has 0 unspecified atom stereocenters. The fourth-order valence-electron chi connectivity index (χ4n) is 2.93. The third-order valence-electron chi connectivity index (χ3n) is 4.45. The van der Waals surface area contributed by atoms with Gasteiger partial charge < -0.3 is 19.5 Å². The lowest BCUT2D eigenvalue weighted by Gasteiger charge is -2.35. The smallest absolute Gasteiger partial charge is 0.286 e. The Morgan fingerprint density at radius 1 is 1.11 bits per heavy atom. The van der Waals surface area contributed by atoms with E-state index < -0.39 is 5.82 Å². The number of nitrogens with zero attached hydrogens (tertiary/aromatic N) is 2. The molecule has 1 aliphatic heterocycles. The molecule has 0 saturated carbocycles. The van der Waals surface area contributed by atoms with Gasteiger partial charge in [0.25, 0.3) is 11.8 Å². The van der Waals surface area contributed by atoms with Gasteiger partial charge in [-0.3, -0.25) is 14.4 Å². The SMILES string of the molecule is O=C(NCCC(=O)N1CCN(C(=O)c2ccc(F)cc2Cl)CC1)c1ccco1. The van der Waals surface area contributed by atoms with Crippen molar-refractivity contribution in [3.63, 3.8) is 0 Å². The van der Waals surface area contributed by atoms with Gasteiger partial charge in [-0.15, -0.1) is 0 Å². The topological polar surface area (TPSA) is 82.9 Å². The van der Waals surface area contributed by atoms with Gasteiger partial charge in [-0.05, 0) is 30.3 Å². The van der Waals surface area contributed by atoms with Crippen molar-refractivity contribution in [1.29, 1.82) is 0 Å².